The van der Waals surface area contributed by atoms with Crippen molar-refractivity contribution < 1.29 is 9.50 Å². The maximum Gasteiger partial charge on any atom is 0.151 e. The van der Waals surface area contributed by atoms with Crippen LogP contribution in [0.1, 0.15) is 17.5 Å². The first-order chi connectivity index (χ1) is 9.15. The number of aliphatic hydroxyl groups excluding tert-OH is 1. The molecule has 1 unspecified atom stereocenters. The highest BCUT2D eigenvalue weighted by atomic mass is 19.1. The van der Waals surface area contributed by atoms with Crippen LogP contribution < -0.4 is 5.32 Å². The molecule has 0 aliphatic carbocycles. The quantitative estimate of drug-likeness (QED) is 0.758. The van der Waals surface area contributed by atoms with Gasteiger partial charge in [-0.2, -0.15) is 5.10 Å². The first kappa shape index (κ1) is 13.6. The maximum atomic E-state index is 13.0. The lowest BCUT2D eigenvalue weighted by Gasteiger charge is -2.11. The van der Waals surface area contributed by atoms with Gasteiger partial charge in [0, 0.05) is 26.6 Å². The van der Waals surface area contributed by atoms with E-state index in [0.717, 1.165) is 5.82 Å². The van der Waals surface area contributed by atoms with Crippen molar-refractivity contribution in [1.82, 2.24) is 20.1 Å². The van der Waals surface area contributed by atoms with Crippen molar-refractivity contribution in [2.75, 3.05) is 13.1 Å². The lowest BCUT2D eigenvalue weighted by Crippen LogP contribution is -2.24. The monoisotopic (exact) mass is 264 g/mol. The second-order valence-corrected chi connectivity index (χ2v) is 4.36. The molecule has 102 valence electrons. The van der Waals surface area contributed by atoms with Crippen molar-refractivity contribution in [2.24, 2.45) is 7.05 Å². The molecule has 1 atom stereocenters. The van der Waals surface area contributed by atoms with Gasteiger partial charge in [0.15, 0.2) is 5.82 Å². The van der Waals surface area contributed by atoms with Gasteiger partial charge in [-0.05, 0) is 17.7 Å². The van der Waals surface area contributed by atoms with Crippen LogP contribution >= 0.6 is 0 Å². The SMILES string of the molecule is Cn1cnc(CCNCC(O)c2cccc(F)c2)n1. The number of nitrogens with one attached hydrogen (secondary N) is 1. The van der Waals surface area contributed by atoms with Gasteiger partial charge in [0.05, 0.1) is 6.10 Å². The molecule has 0 saturated heterocycles. The van der Waals surface area contributed by atoms with Crippen LogP contribution in [0, 0.1) is 5.82 Å². The molecular formula is C13H17FN4O. The largest absolute Gasteiger partial charge is 0.387 e. The smallest absolute Gasteiger partial charge is 0.151 e. The summed E-state index contributed by atoms with van der Waals surface area (Å²) in [5, 5.41) is 17.1. The van der Waals surface area contributed by atoms with Gasteiger partial charge in [0.1, 0.15) is 12.1 Å². The summed E-state index contributed by atoms with van der Waals surface area (Å²) in [7, 11) is 1.82. The summed E-state index contributed by atoms with van der Waals surface area (Å²) < 4.78 is 14.6. The fourth-order valence-corrected chi connectivity index (χ4v) is 1.77. The van der Waals surface area contributed by atoms with E-state index in [0.29, 0.717) is 25.1 Å². The van der Waals surface area contributed by atoms with Gasteiger partial charge in [0.2, 0.25) is 0 Å². The Morgan fingerprint density at radius 2 is 2.32 bits per heavy atom. The van der Waals surface area contributed by atoms with Crippen LogP contribution in [-0.2, 0) is 13.5 Å². The minimum Gasteiger partial charge on any atom is -0.387 e. The topological polar surface area (TPSA) is 63.0 Å². The Labute approximate surface area is 111 Å². The molecule has 0 bridgehead atoms. The van der Waals surface area contributed by atoms with Crippen molar-refractivity contribution in [3.05, 3.63) is 47.8 Å². The van der Waals surface area contributed by atoms with Gasteiger partial charge in [-0.3, -0.25) is 4.68 Å². The predicted molar refractivity (Wildman–Crippen MR) is 68.9 cm³/mol. The van der Waals surface area contributed by atoms with Crippen LogP contribution in [0.4, 0.5) is 4.39 Å². The highest BCUT2D eigenvalue weighted by molar-refractivity contribution is 5.18. The first-order valence-electron chi connectivity index (χ1n) is 6.14. The molecule has 5 nitrogen and oxygen atoms in total. The molecule has 0 spiro atoms. The molecule has 0 amide bonds. The van der Waals surface area contributed by atoms with Gasteiger partial charge in [-0.15, -0.1) is 0 Å². The average molecular weight is 264 g/mol. The number of rotatable bonds is 6. The standard InChI is InChI=1S/C13H17FN4O/c1-18-9-16-13(17-18)5-6-15-8-12(19)10-3-2-4-11(14)7-10/h2-4,7,9,12,15,19H,5-6,8H2,1H3. The number of hydrogen-bond donors (Lipinski definition) is 2. The Balaban J connectivity index is 1.73. The number of hydrogen-bond acceptors (Lipinski definition) is 4. The minimum absolute atomic E-state index is 0.339. The van der Waals surface area contributed by atoms with E-state index in [-0.39, 0.29) is 5.82 Å². The lowest BCUT2D eigenvalue weighted by atomic mass is 10.1. The Morgan fingerprint density at radius 1 is 1.47 bits per heavy atom. The molecule has 0 aliphatic heterocycles. The molecule has 1 heterocycles. The van der Waals surface area contributed by atoms with E-state index in [1.54, 1.807) is 23.1 Å². The molecule has 1 aromatic carbocycles. The highest BCUT2D eigenvalue weighted by Gasteiger charge is 2.07. The van der Waals surface area contributed by atoms with E-state index in [2.05, 4.69) is 15.4 Å². The zero-order chi connectivity index (χ0) is 13.7. The van der Waals surface area contributed by atoms with Crippen molar-refractivity contribution in [2.45, 2.75) is 12.5 Å². The second kappa shape index (κ2) is 6.40. The van der Waals surface area contributed by atoms with Crippen molar-refractivity contribution in [1.29, 1.82) is 0 Å². The first-order valence-corrected chi connectivity index (χ1v) is 6.14. The normalized spacial score (nSPS) is 12.6. The fraction of sp³-hybridized carbons (Fsp3) is 0.385. The van der Waals surface area contributed by atoms with Gasteiger partial charge in [-0.1, -0.05) is 12.1 Å². The van der Waals surface area contributed by atoms with Crippen LogP contribution in [-0.4, -0.2) is 33.0 Å². The highest BCUT2D eigenvalue weighted by Crippen LogP contribution is 2.12. The summed E-state index contributed by atoms with van der Waals surface area (Å²) in [5.74, 6) is 0.421. The number of benzene rings is 1. The fourth-order valence-electron chi connectivity index (χ4n) is 1.77. The van der Waals surface area contributed by atoms with Crippen LogP contribution in [0.3, 0.4) is 0 Å². The van der Waals surface area contributed by atoms with Crippen LogP contribution in [0.25, 0.3) is 0 Å². The van der Waals surface area contributed by atoms with Gasteiger partial charge in [0.25, 0.3) is 0 Å². The lowest BCUT2D eigenvalue weighted by molar-refractivity contribution is 0.174. The number of aromatic nitrogens is 3. The van der Waals surface area contributed by atoms with Crippen molar-refractivity contribution in [3.8, 4) is 0 Å². The van der Waals surface area contributed by atoms with E-state index in [1.165, 1.54) is 12.1 Å². The van der Waals surface area contributed by atoms with Gasteiger partial charge >= 0.3 is 0 Å². The number of nitrogens with zero attached hydrogens (tertiary/aromatic N) is 3. The molecule has 2 rings (SSSR count). The zero-order valence-corrected chi connectivity index (χ0v) is 10.8. The van der Waals surface area contributed by atoms with E-state index >= 15 is 0 Å². The van der Waals surface area contributed by atoms with E-state index in [4.69, 9.17) is 0 Å². The van der Waals surface area contributed by atoms with Gasteiger partial charge in [-0.25, -0.2) is 9.37 Å². The molecule has 0 fully saturated rings. The molecule has 0 saturated carbocycles. The summed E-state index contributed by atoms with van der Waals surface area (Å²) in [6, 6.07) is 5.99. The van der Waals surface area contributed by atoms with E-state index in [1.807, 2.05) is 7.05 Å². The third-order valence-corrected chi connectivity index (χ3v) is 2.74. The Morgan fingerprint density at radius 3 is 3.00 bits per heavy atom. The Hall–Kier alpha value is -1.79. The molecule has 6 heteroatoms. The van der Waals surface area contributed by atoms with Crippen molar-refractivity contribution >= 4 is 0 Å². The molecule has 2 aromatic rings. The third-order valence-electron chi connectivity index (χ3n) is 2.74. The third kappa shape index (κ3) is 4.11. The summed E-state index contributed by atoms with van der Waals surface area (Å²) >= 11 is 0. The summed E-state index contributed by atoms with van der Waals surface area (Å²) in [6.45, 7) is 1.03. The summed E-state index contributed by atoms with van der Waals surface area (Å²) in [4.78, 5) is 4.10. The number of aliphatic hydroxyl groups is 1. The predicted octanol–water partition coefficient (Wildman–Crippen LogP) is 0.820. The molecule has 1 aromatic heterocycles. The Kier molecular flexibility index (Phi) is 4.59. The maximum absolute atomic E-state index is 13.0. The van der Waals surface area contributed by atoms with E-state index < -0.39 is 6.10 Å². The molecule has 19 heavy (non-hydrogen) atoms. The molecular weight excluding hydrogens is 247 g/mol. The van der Waals surface area contributed by atoms with Gasteiger partial charge < -0.3 is 10.4 Å². The van der Waals surface area contributed by atoms with Crippen LogP contribution in [0.5, 0.6) is 0 Å². The second-order valence-electron chi connectivity index (χ2n) is 4.36. The van der Waals surface area contributed by atoms with Crippen molar-refractivity contribution in [3.63, 3.8) is 0 Å². The van der Waals surface area contributed by atoms with Crippen LogP contribution in [0.15, 0.2) is 30.6 Å². The summed E-state index contributed by atoms with van der Waals surface area (Å²) in [5.41, 5.74) is 0.573. The number of halogens is 1. The molecule has 0 radical (unpaired) electrons. The van der Waals surface area contributed by atoms with E-state index in [9.17, 15) is 9.50 Å². The minimum atomic E-state index is -0.715. The molecule has 0 aliphatic rings. The average Bonchev–Trinajstić information content (AvgIpc) is 2.80. The number of aryl methyl sites for hydroxylation is 1. The van der Waals surface area contributed by atoms with Crippen LogP contribution in [0.2, 0.25) is 0 Å². The molecule has 2 N–H and O–H groups in total. The summed E-state index contributed by atoms with van der Waals surface area (Å²) in [6.07, 6.45) is 1.63. The zero-order valence-electron chi connectivity index (χ0n) is 10.8. The Bertz CT molecular complexity index is 529.